The number of ether oxygens (including phenoxy) is 1. The smallest absolute Gasteiger partial charge is 0.356 e. The molecule has 36 heavy (non-hydrogen) atoms. The highest BCUT2D eigenvalue weighted by Crippen LogP contribution is 2.50. The van der Waals surface area contributed by atoms with Gasteiger partial charge in [0.05, 0.1) is 5.02 Å². The molecule has 0 bridgehead atoms. The maximum absolute atomic E-state index is 14.4. The van der Waals surface area contributed by atoms with Gasteiger partial charge in [-0.25, -0.2) is 8.78 Å². The van der Waals surface area contributed by atoms with Gasteiger partial charge in [0.2, 0.25) is 5.91 Å². The molecule has 2 aliphatic heterocycles. The number of halogens is 6. The highest BCUT2D eigenvalue weighted by atomic mass is 35.5. The van der Waals surface area contributed by atoms with E-state index in [-0.39, 0.29) is 44.2 Å². The van der Waals surface area contributed by atoms with Crippen LogP contribution in [0.25, 0.3) is 0 Å². The van der Waals surface area contributed by atoms with Crippen molar-refractivity contribution in [1.29, 1.82) is 0 Å². The van der Waals surface area contributed by atoms with Crippen LogP contribution in [0.2, 0.25) is 5.02 Å². The van der Waals surface area contributed by atoms with Crippen molar-refractivity contribution in [2.75, 3.05) is 26.7 Å². The second kappa shape index (κ2) is 9.63. The first-order valence-corrected chi connectivity index (χ1v) is 11.7. The summed E-state index contributed by atoms with van der Waals surface area (Å²) in [6, 6.07) is 8.24. The zero-order valence-electron chi connectivity index (χ0n) is 19.3. The summed E-state index contributed by atoms with van der Waals surface area (Å²) >= 11 is 5.73. The number of amides is 2. The second-order valence-electron chi connectivity index (χ2n) is 9.25. The van der Waals surface area contributed by atoms with Gasteiger partial charge >= 0.3 is 6.18 Å². The Balaban J connectivity index is 1.64. The molecule has 2 aromatic carbocycles. The Morgan fingerprint density at radius 2 is 1.75 bits per heavy atom. The van der Waals surface area contributed by atoms with E-state index in [1.165, 1.54) is 12.1 Å². The van der Waals surface area contributed by atoms with Crippen molar-refractivity contribution in [2.24, 2.45) is 5.41 Å². The van der Waals surface area contributed by atoms with E-state index in [4.69, 9.17) is 16.3 Å². The number of alkyl halides is 3. The lowest BCUT2D eigenvalue weighted by Gasteiger charge is -2.50. The number of methoxy groups -OCH3 is 1. The van der Waals surface area contributed by atoms with E-state index in [1.807, 2.05) is 0 Å². The molecule has 2 amide bonds. The van der Waals surface area contributed by atoms with Gasteiger partial charge < -0.3 is 15.0 Å². The average Bonchev–Trinajstić information content (AvgIpc) is 2.82. The molecule has 0 aliphatic carbocycles. The Morgan fingerprint density at radius 3 is 2.31 bits per heavy atom. The van der Waals surface area contributed by atoms with Gasteiger partial charge in [0.25, 0.3) is 11.5 Å². The Morgan fingerprint density at radius 1 is 1.11 bits per heavy atom. The molecule has 2 heterocycles. The zero-order chi connectivity index (χ0) is 26.3. The Bertz CT molecular complexity index is 1150. The molecule has 0 radical (unpaired) electrons. The van der Waals surface area contributed by atoms with Crippen LogP contribution in [-0.2, 0) is 19.9 Å². The number of benzene rings is 2. The minimum atomic E-state index is -5.17. The summed E-state index contributed by atoms with van der Waals surface area (Å²) in [7, 11) is 0.768. The first kappa shape index (κ1) is 26.3. The number of hydrogen-bond donors (Lipinski definition) is 1. The van der Waals surface area contributed by atoms with Crippen molar-refractivity contribution in [3.05, 3.63) is 70.2 Å². The van der Waals surface area contributed by atoms with Gasteiger partial charge in [-0.2, -0.15) is 13.2 Å². The van der Waals surface area contributed by atoms with Crippen LogP contribution in [0.5, 0.6) is 0 Å². The third kappa shape index (κ3) is 4.45. The molecule has 2 aromatic rings. The molecule has 1 spiro atoms. The van der Waals surface area contributed by atoms with Crippen molar-refractivity contribution in [3.8, 4) is 0 Å². The summed E-state index contributed by atoms with van der Waals surface area (Å²) in [6.45, 7) is 0.191. The minimum absolute atomic E-state index is 0.0556. The molecule has 2 atom stereocenters. The predicted octanol–water partition coefficient (Wildman–Crippen LogP) is 4.93. The Hall–Kier alpha value is -2.72. The number of hydrogen-bond acceptors (Lipinski definition) is 3. The summed E-state index contributed by atoms with van der Waals surface area (Å²) in [5.74, 6) is -3.05. The van der Waals surface area contributed by atoms with Crippen LogP contribution in [-0.4, -0.2) is 49.6 Å². The van der Waals surface area contributed by atoms with Crippen LogP contribution in [0.4, 0.5) is 22.0 Å². The lowest BCUT2D eigenvalue weighted by Crippen LogP contribution is -2.60. The Kier molecular flexibility index (Phi) is 7.04. The SMILES string of the molecule is CO[C@](C(=O)N1CCC2(CC1)CC(=O)NC[C@H]2c1ccc(F)cc1)(c1ccc(F)c(Cl)c1)C(F)(F)F. The molecule has 4 rings (SSSR count). The standard InChI is InChI=1S/C25H24ClF5N2O3/c1-36-24(25(29,30)31,16-4-7-20(28)19(26)12-16)22(35)33-10-8-23(9-11-33)13-21(34)32-14-18(23)15-2-5-17(27)6-3-15/h2-7,12,18H,8-11,13-14H2,1H3,(H,32,34)/t18-,24-/m0/s1. The van der Waals surface area contributed by atoms with Gasteiger partial charge in [-0.3, -0.25) is 9.59 Å². The highest BCUT2D eigenvalue weighted by Gasteiger charge is 2.64. The van der Waals surface area contributed by atoms with Crippen LogP contribution >= 0.6 is 11.6 Å². The molecular formula is C25H24ClF5N2O3. The number of carbonyl (C=O) groups is 2. The molecule has 0 saturated carbocycles. The van der Waals surface area contributed by atoms with E-state index in [0.29, 0.717) is 6.54 Å². The summed E-state index contributed by atoms with van der Waals surface area (Å²) in [5, 5.41) is 2.24. The summed E-state index contributed by atoms with van der Waals surface area (Å²) in [5.41, 5.74) is -3.81. The maximum Gasteiger partial charge on any atom is 0.430 e. The topological polar surface area (TPSA) is 58.6 Å². The number of nitrogens with one attached hydrogen (secondary N) is 1. The van der Waals surface area contributed by atoms with Crippen LogP contribution in [0.1, 0.15) is 36.3 Å². The first-order valence-electron chi connectivity index (χ1n) is 11.3. The van der Waals surface area contributed by atoms with Gasteiger partial charge in [0.15, 0.2) is 0 Å². The van der Waals surface area contributed by atoms with Crippen molar-refractivity contribution in [3.63, 3.8) is 0 Å². The van der Waals surface area contributed by atoms with Crippen molar-refractivity contribution in [2.45, 2.75) is 37.0 Å². The zero-order valence-corrected chi connectivity index (χ0v) is 20.1. The highest BCUT2D eigenvalue weighted by molar-refractivity contribution is 6.30. The molecule has 1 N–H and O–H groups in total. The fraction of sp³-hybridized carbons (Fsp3) is 0.440. The van der Waals surface area contributed by atoms with E-state index in [0.717, 1.165) is 35.8 Å². The van der Waals surface area contributed by atoms with Crippen molar-refractivity contribution < 1.29 is 36.3 Å². The van der Waals surface area contributed by atoms with E-state index in [9.17, 15) is 31.5 Å². The fourth-order valence-corrected chi connectivity index (χ4v) is 5.63. The Labute approximate surface area is 209 Å². The number of nitrogens with zero attached hydrogens (tertiary/aromatic N) is 1. The van der Waals surface area contributed by atoms with Crippen molar-refractivity contribution >= 4 is 23.4 Å². The van der Waals surface area contributed by atoms with Crippen LogP contribution < -0.4 is 5.32 Å². The molecule has 2 aliphatic rings. The molecule has 0 unspecified atom stereocenters. The first-order chi connectivity index (χ1) is 16.9. The van der Waals surface area contributed by atoms with E-state index in [1.54, 1.807) is 12.1 Å². The van der Waals surface area contributed by atoms with E-state index in [2.05, 4.69) is 5.32 Å². The van der Waals surface area contributed by atoms with Gasteiger partial charge in [-0.05, 0) is 48.1 Å². The molecule has 2 saturated heterocycles. The van der Waals surface area contributed by atoms with Gasteiger partial charge in [-0.15, -0.1) is 0 Å². The van der Waals surface area contributed by atoms with Crippen LogP contribution in [0.3, 0.4) is 0 Å². The maximum atomic E-state index is 14.4. The molecule has 5 nitrogen and oxygen atoms in total. The van der Waals surface area contributed by atoms with Gasteiger partial charge in [-0.1, -0.05) is 29.8 Å². The van der Waals surface area contributed by atoms with Crippen molar-refractivity contribution in [1.82, 2.24) is 10.2 Å². The largest absolute Gasteiger partial charge is 0.430 e. The number of piperidine rings is 2. The molecule has 2 fully saturated rings. The third-order valence-corrected chi connectivity index (χ3v) is 7.70. The number of carbonyl (C=O) groups excluding carboxylic acids is 2. The molecule has 194 valence electrons. The second-order valence-corrected chi connectivity index (χ2v) is 9.66. The lowest BCUT2D eigenvalue weighted by atomic mass is 9.62. The fourth-order valence-electron chi connectivity index (χ4n) is 5.45. The minimum Gasteiger partial charge on any atom is -0.356 e. The predicted molar refractivity (Wildman–Crippen MR) is 121 cm³/mol. The summed E-state index contributed by atoms with van der Waals surface area (Å²) in [4.78, 5) is 26.8. The number of rotatable bonds is 4. The quantitative estimate of drug-likeness (QED) is 0.570. The van der Waals surface area contributed by atoms with Crippen LogP contribution in [0.15, 0.2) is 42.5 Å². The summed E-state index contributed by atoms with van der Waals surface area (Å²) in [6.07, 6.45) is -4.51. The normalized spacial score (nSPS) is 21.7. The van der Waals surface area contributed by atoms with Gasteiger partial charge in [0.1, 0.15) is 11.6 Å². The lowest BCUT2D eigenvalue weighted by molar-refractivity contribution is -0.271. The van der Waals surface area contributed by atoms with E-state index < -0.39 is 45.3 Å². The monoisotopic (exact) mass is 530 g/mol. The molecular weight excluding hydrogens is 507 g/mol. The summed E-state index contributed by atoms with van der Waals surface area (Å²) < 4.78 is 75.3. The van der Waals surface area contributed by atoms with Gasteiger partial charge in [0, 0.05) is 44.6 Å². The van der Waals surface area contributed by atoms with E-state index >= 15 is 0 Å². The molecule has 11 heteroatoms. The third-order valence-electron chi connectivity index (χ3n) is 7.41. The molecule has 0 aromatic heterocycles. The average molecular weight is 531 g/mol. The van der Waals surface area contributed by atoms with Crippen LogP contribution in [0, 0.1) is 17.0 Å². The number of likely N-dealkylation sites (tertiary alicyclic amines) is 1.